The van der Waals surface area contributed by atoms with Gasteiger partial charge in [-0.05, 0) is 85.6 Å². The summed E-state index contributed by atoms with van der Waals surface area (Å²) in [6.07, 6.45) is 3.30. The van der Waals surface area contributed by atoms with Gasteiger partial charge in [0.25, 0.3) is 11.8 Å². The van der Waals surface area contributed by atoms with Crippen LogP contribution in [0.1, 0.15) is 63.8 Å². The summed E-state index contributed by atoms with van der Waals surface area (Å²) >= 11 is 1.32. The Bertz CT molecular complexity index is 2030. The van der Waals surface area contributed by atoms with Crippen LogP contribution in [0.15, 0.2) is 144 Å². The number of hydrogen-bond acceptors (Lipinski definition) is 7. The molecule has 10 heteroatoms. The minimum absolute atomic E-state index is 0.0193. The number of thioether (sulfide) groups is 1. The van der Waals surface area contributed by atoms with Crippen molar-refractivity contribution in [2.75, 3.05) is 23.8 Å². The van der Waals surface area contributed by atoms with Crippen molar-refractivity contribution in [3.63, 3.8) is 0 Å². The van der Waals surface area contributed by atoms with E-state index < -0.39 is 23.0 Å². The fourth-order valence-corrected chi connectivity index (χ4v) is 6.24. The lowest BCUT2D eigenvalue weighted by Crippen LogP contribution is -2.30. The largest absolute Gasteiger partial charge is 0.493 e. The van der Waals surface area contributed by atoms with E-state index in [1.807, 2.05) is 68.4 Å². The normalized spacial score (nSPS) is 11.5. The molecule has 0 aromatic heterocycles. The summed E-state index contributed by atoms with van der Waals surface area (Å²) in [6, 6.07) is 39.0. The summed E-state index contributed by atoms with van der Waals surface area (Å²) in [5, 5.41) is 7.99. The lowest BCUT2D eigenvalue weighted by Gasteiger charge is -2.18. The van der Waals surface area contributed by atoms with Crippen molar-refractivity contribution >= 4 is 52.9 Å². The van der Waals surface area contributed by atoms with Crippen LogP contribution in [0.25, 0.3) is 6.08 Å². The van der Waals surface area contributed by atoms with Crippen molar-refractivity contribution in [2.45, 2.75) is 36.8 Å². The third kappa shape index (κ3) is 11.2. The zero-order valence-electron chi connectivity index (χ0n) is 29.5. The second-order valence-electron chi connectivity index (χ2n) is 11.8. The third-order valence-electron chi connectivity index (χ3n) is 7.85. The van der Waals surface area contributed by atoms with Crippen molar-refractivity contribution in [3.05, 3.63) is 161 Å². The Morgan fingerprint density at radius 2 is 1.42 bits per heavy atom. The number of ether oxygens (including phenoxy) is 2. The summed E-state index contributed by atoms with van der Waals surface area (Å²) in [7, 11) is 0. The number of rotatable bonds is 16. The SMILES string of the molecule is CCCCOC(=O)c1ccc(NC(=O)C(Sc2cccc(NC(=O)/C(=C\c3ccccc3OCC)NC(=O)c3ccccc3)c2)c2ccccc2)cc1. The van der Waals surface area contributed by atoms with E-state index in [4.69, 9.17) is 9.47 Å². The Hall–Kier alpha value is -6.13. The number of hydrogen-bond donors (Lipinski definition) is 3. The van der Waals surface area contributed by atoms with Gasteiger partial charge >= 0.3 is 5.97 Å². The average Bonchev–Trinajstić information content (AvgIpc) is 3.18. The molecule has 270 valence electrons. The standard InChI is InChI=1S/C43H41N3O6S/c1-3-5-27-52-43(50)32-23-25-34(26-24-32)44-42(49)39(30-15-8-6-9-16-30)53-36-21-14-20-35(29-36)45-41(48)37(46-40(47)31-17-10-7-11-18-31)28-33-19-12-13-22-38(33)51-4-2/h6-26,28-29,39H,3-5,27H2,1-2H3,(H,44,49)(H,45,48)(H,46,47)/b37-28+. The van der Waals surface area contributed by atoms with Gasteiger partial charge in [0.2, 0.25) is 5.91 Å². The zero-order chi connectivity index (χ0) is 37.4. The molecule has 0 saturated heterocycles. The van der Waals surface area contributed by atoms with Crippen LogP contribution in [0.5, 0.6) is 5.75 Å². The van der Waals surface area contributed by atoms with Crippen LogP contribution in [0.3, 0.4) is 0 Å². The lowest BCUT2D eigenvalue weighted by molar-refractivity contribution is -0.116. The highest BCUT2D eigenvalue weighted by Gasteiger charge is 2.23. The number of para-hydroxylation sites is 1. The Kier molecular flexibility index (Phi) is 14.0. The van der Waals surface area contributed by atoms with E-state index in [1.54, 1.807) is 84.9 Å². The Morgan fingerprint density at radius 3 is 2.13 bits per heavy atom. The lowest BCUT2D eigenvalue weighted by atomic mass is 10.1. The van der Waals surface area contributed by atoms with E-state index in [1.165, 1.54) is 11.8 Å². The molecule has 5 aromatic carbocycles. The van der Waals surface area contributed by atoms with E-state index in [0.29, 0.717) is 47.0 Å². The number of benzene rings is 5. The van der Waals surface area contributed by atoms with Crippen molar-refractivity contribution < 1.29 is 28.7 Å². The molecule has 0 aliphatic carbocycles. The van der Waals surface area contributed by atoms with Gasteiger partial charge in [-0.15, -0.1) is 11.8 Å². The number of carbonyl (C=O) groups excluding carboxylic acids is 4. The van der Waals surface area contributed by atoms with Crippen molar-refractivity contribution in [1.82, 2.24) is 5.32 Å². The van der Waals surface area contributed by atoms with Crippen molar-refractivity contribution in [1.29, 1.82) is 0 Å². The second kappa shape index (κ2) is 19.5. The molecule has 3 amide bonds. The van der Waals surface area contributed by atoms with E-state index in [9.17, 15) is 19.2 Å². The average molecular weight is 728 g/mol. The van der Waals surface area contributed by atoms with Gasteiger partial charge in [-0.3, -0.25) is 14.4 Å². The Balaban J connectivity index is 1.35. The van der Waals surface area contributed by atoms with Gasteiger partial charge in [-0.2, -0.15) is 0 Å². The molecule has 1 unspecified atom stereocenters. The van der Waals surface area contributed by atoms with E-state index in [0.717, 1.165) is 23.3 Å². The summed E-state index contributed by atoms with van der Waals surface area (Å²) in [4.78, 5) is 53.8. The highest BCUT2D eigenvalue weighted by Crippen LogP contribution is 2.37. The predicted octanol–water partition coefficient (Wildman–Crippen LogP) is 8.92. The fourth-order valence-electron chi connectivity index (χ4n) is 5.16. The third-order valence-corrected chi connectivity index (χ3v) is 9.10. The molecule has 1 atom stereocenters. The molecule has 0 heterocycles. The number of esters is 1. The quantitative estimate of drug-likeness (QED) is 0.0402. The molecule has 0 radical (unpaired) electrons. The van der Waals surface area contributed by atoms with Gasteiger partial charge in [-0.1, -0.05) is 86.1 Å². The molecule has 0 bridgehead atoms. The van der Waals surface area contributed by atoms with Crippen LogP contribution < -0.4 is 20.7 Å². The Morgan fingerprint density at radius 1 is 0.717 bits per heavy atom. The summed E-state index contributed by atoms with van der Waals surface area (Å²) < 4.78 is 11.1. The number of anilines is 2. The van der Waals surface area contributed by atoms with Gasteiger partial charge in [0.1, 0.15) is 16.7 Å². The molecule has 0 fully saturated rings. The van der Waals surface area contributed by atoms with E-state index in [-0.39, 0.29) is 11.6 Å². The molecule has 0 aliphatic heterocycles. The minimum Gasteiger partial charge on any atom is -0.493 e. The first-order valence-corrected chi connectivity index (χ1v) is 18.2. The number of unbranched alkanes of at least 4 members (excludes halogenated alkanes) is 1. The fraction of sp³-hybridized carbons (Fsp3) is 0.163. The first-order valence-electron chi connectivity index (χ1n) is 17.4. The smallest absolute Gasteiger partial charge is 0.338 e. The maximum Gasteiger partial charge on any atom is 0.338 e. The monoisotopic (exact) mass is 727 g/mol. The maximum absolute atomic E-state index is 13.8. The zero-order valence-corrected chi connectivity index (χ0v) is 30.4. The number of carbonyl (C=O) groups is 4. The van der Waals surface area contributed by atoms with Crippen LogP contribution in [0.2, 0.25) is 0 Å². The molecular formula is C43H41N3O6S. The van der Waals surface area contributed by atoms with Crippen molar-refractivity contribution in [3.8, 4) is 5.75 Å². The molecule has 53 heavy (non-hydrogen) atoms. The van der Waals surface area contributed by atoms with Gasteiger partial charge < -0.3 is 25.4 Å². The van der Waals surface area contributed by atoms with Crippen LogP contribution in [0.4, 0.5) is 11.4 Å². The molecule has 0 saturated carbocycles. The van der Waals surface area contributed by atoms with Crippen LogP contribution in [-0.2, 0) is 14.3 Å². The summed E-state index contributed by atoms with van der Waals surface area (Å²) in [5.41, 5.74) is 3.22. The minimum atomic E-state index is -0.656. The van der Waals surface area contributed by atoms with Crippen molar-refractivity contribution in [2.24, 2.45) is 0 Å². The first-order chi connectivity index (χ1) is 25.8. The van der Waals surface area contributed by atoms with Crippen LogP contribution >= 0.6 is 11.8 Å². The molecular weight excluding hydrogens is 687 g/mol. The van der Waals surface area contributed by atoms with E-state index >= 15 is 0 Å². The van der Waals surface area contributed by atoms with E-state index in [2.05, 4.69) is 16.0 Å². The summed E-state index contributed by atoms with van der Waals surface area (Å²) in [6.45, 7) is 4.68. The van der Waals surface area contributed by atoms with Crippen LogP contribution in [-0.4, -0.2) is 36.9 Å². The second-order valence-corrected chi connectivity index (χ2v) is 13.0. The number of nitrogens with one attached hydrogen (secondary N) is 3. The van der Waals surface area contributed by atoms with Gasteiger partial charge in [0.15, 0.2) is 0 Å². The molecule has 3 N–H and O–H groups in total. The maximum atomic E-state index is 13.8. The molecule has 0 spiro atoms. The Labute approximate surface area is 313 Å². The predicted molar refractivity (Wildman–Crippen MR) is 210 cm³/mol. The molecule has 9 nitrogen and oxygen atoms in total. The molecule has 5 rings (SSSR count). The molecule has 5 aromatic rings. The number of amides is 3. The van der Waals surface area contributed by atoms with Gasteiger partial charge in [0.05, 0.1) is 18.8 Å². The highest BCUT2D eigenvalue weighted by molar-refractivity contribution is 8.00. The van der Waals surface area contributed by atoms with Crippen LogP contribution in [0, 0.1) is 0 Å². The summed E-state index contributed by atoms with van der Waals surface area (Å²) in [5.74, 6) is -1.09. The van der Waals surface area contributed by atoms with Gasteiger partial charge in [-0.25, -0.2) is 4.79 Å². The molecule has 0 aliphatic rings. The highest BCUT2D eigenvalue weighted by atomic mass is 32.2. The van der Waals surface area contributed by atoms with Gasteiger partial charge in [0, 0.05) is 27.4 Å². The topological polar surface area (TPSA) is 123 Å². The first kappa shape index (κ1) is 38.1.